The second-order valence-electron chi connectivity index (χ2n) is 2.76. The molecule has 3 nitrogen and oxygen atoms in total. The van der Waals surface area contributed by atoms with E-state index in [2.05, 4.69) is 41.9 Å². The Bertz CT molecular complexity index is 322. The zero-order chi connectivity index (χ0) is 11.7. The number of nitrogens with zero attached hydrogens (tertiary/aromatic N) is 2. The Hall–Kier alpha value is -1.90. The predicted molar refractivity (Wildman–Crippen MR) is 65.3 cm³/mol. The summed E-state index contributed by atoms with van der Waals surface area (Å²) in [6.45, 7) is 17.6. The molecule has 0 fully saturated rings. The molecule has 0 aromatic carbocycles. The molecular weight excluding hydrogens is 186 g/mol. The van der Waals surface area contributed by atoms with Crippen LogP contribution in [0.4, 0.5) is 0 Å². The summed E-state index contributed by atoms with van der Waals surface area (Å²) in [5.74, 6) is 0. The number of rotatable bonds is 7. The third-order valence-corrected chi connectivity index (χ3v) is 1.52. The lowest BCUT2D eigenvalue weighted by Gasteiger charge is -2.01. The van der Waals surface area contributed by atoms with Crippen molar-refractivity contribution in [2.75, 3.05) is 6.54 Å². The number of likely N-dealkylation sites (N-methyl/N-ethyl adjacent to an activating group) is 1. The third-order valence-electron chi connectivity index (χ3n) is 1.52. The average Bonchev–Trinajstić information content (AvgIpc) is 2.22. The van der Waals surface area contributed by atoms with E-state index in [0.29, 0.717) is 11.3 Å². The van der Waals surface area contributed by atoms with Crippen molar-refractivity contribution in [2.24, 2.45) is 10.2 Å². The summed E-state index contributed by atoms with van der Waals surface area (Å²) in [6.07, 6.45) is 4.95. The maximum Gasteiger partial charge on any atom is 0.0851 e. The molecule has 0 amide bonds. The Morgan fingerprint density at radius 2 is 1.93 bits per heavy atom. The molecule has 80 valence electrons. The van der Waals surface area contributed by atoms with Crippen molar-refractivity contribution >= 4 is 0 Å². The molecule has 0 spiro atoms. The fraction of sp³-hybridized carbons (Fsp3) is 0.167. The van der Waals surface area contributed by atoms with Crippen LogP contribution in [0.3, 0.4) is 0 Å². The quantitative estimate of drug-likeness (QED) is 0.500. The van der Waals surface area contributed by atoms with Gasteiger partial charge in [-0.3, -0.25) is 0 Å². The highest BCUT2D eigenvalue weighted by molar-refractivity contribution is 5.36. The van der Waals surface area contributed by atoms with Gasteiger partial charge in [-0.25, -0.2) is 0 Å². The van der Waals surface area contributed by atoms with Gasteiger partial charge in [0, 0.05) is 18.4 Å². The zero-order valence-corrected chi connectivity index (χ0v) is 9.16. The number of nitrogens with one attached hydrogen (secondary N) is 1. The second-order valence-corrected chi connectivity index (χ2v) is 2.76. The Morgan fingerprint density at radius 1 is 1.27 bits per heavy atom. The molecule has 0 atom stereocenters. The molecule has 15 heavy (non-hydrogen) atoms. The highest BCUT2D eigenvalue weighted by Crippen LogP contribution is 2.09. The van der Waals surface area contributed by atoms with Crippen LogP contribution in [-0.4, -0.2) is 6.54 Å². The molecule has 3 heteroatoms. The molecular formula is C12H17N3. The maximum absolute atomic E-state index is 3.80. The number of hydrogen-bond acceptors (Lipinski definition) is 3. The van der Waals surface area contributed by atoms with E-state index in [1.807, 2.05) is 13.0 Å². The molecule has 0 aromatic heterocycles. The van der Waals surface area contributed by atoms with Gasteiger partial charge in [-0.05, 0) is 18.6 Å². The van der Waals surface area contributed by atoms with Crippen LogP contribution in [0.5, 0.6) is 0 Å². The topological polar surface area (TPSA) is 36.8 Å². The highest BCUT2D eigenvalue weighted by Gasteiger charge is 1.93. The van der Waals surface area contributed by atoms with Crippen LogP contribution in [0.1, 0.15) is 6.92 Å². The fourth-order valence-electron chi connectivity index (χ4n) is 0.758. The van der Waals surface area contributed by atoms with Gasteiger partial charge in [-0.15, -0.1) is 0 Å². The lowest BCUT2D eigenvalue weighted by Crippen LogP contribution is -2.08. The van der Waals surface area contributed by atoms with Crippen LogP contribution in [-0.2, 0) is 0 Å². The van der Waals surface area contributed by atoms with E-state index in [-0.39, 0.29) is 0 Å². The molecule has 0 aliphatic rings. The molecule has 0 aromatic rings. The average molecular weight is 203 g/mol. The monoisotopic (exact) mass is 203 g/mol. The largest absolute Gasteiger partial charge is 0.386 e. The van der Waals surface area contributed by atoms with Crippen molar-refractivity contribution in [3.8, 4) is 0 Å². The molecule has 0 unspecified atom stereocenters. The molecule has 0 aliphatic heterocycles. The second kappa shape index (κ2) is 7.50. The smallest absolute Gasteiger partial charge is 0.0851 e. The summed E-state index contributed by atoms with van der Waals surface area (Å²) in [7, 11) is 0. The van der Waals surface area contributed by atoms with Gasteiger partial charge in [-0.1, -0.05) is 32.4 Å². The molecule has 0 aliphatic carbocycles. The van der Waals surface area contributed by atoms with E-state index in [4.69, 9.17) is 0 Å². The molecule has 0 heterocycles. The first kappa shape index (κ1) is 13.1. The van der Waals surface area contributed by atoms with Crippen molar-refractivity contribution in [3.05, 3.63) is 61.6 Å². The lowest BCUT2D eigenvalue weighted by atomic mass is 10.2. The van der Waals surface area contributed by atoms with Crippen molar-refractivity contribution in [2.45, 2.75) is 6.92 Å². The Labute approximate surface area is 91.3 Å². The van der Waals surface area contributed by atoms with E-state index >= 15 is 0 Å². The van der Waals surface area contributed by atoms with Gasteiger partial charge in [0.1, 0.15) is 0 Å². The van der Waals surface area contributed by atoms with Gasteiger partial charge in [0.05, 0.1) is 5.70 Å². The van der Waals surface area contributed by atoms with Crippen molar-refractivity contribution in [1.82, 2.24) is 5.32 Å². The van der Waals surface area contributed by atoms with Gasteiger partial charge in [0.2, 0.25) is 0 Å². The molecule has 0 bridgehead atoms. The molecule has 0 saturated heterocycles. The number of allylic oxidation sites excluding steroid dienone is 2. The van der Waals surface area contributed by atoms with Gasteiger partial charge >= 0.3 is 0 Å². The minimum atomic E-state index is 0.510. The Kier molecular flexibility index (Phi) is 6.55. The van der Waals surface area contributed by atoms with E-state index in [1.54, 1.807) is 6.08 Å². The summed E-state index contributed by atoms with van der Waals surface area (Å²) >= 11 is 0. The summed E-state index contributed by atoms with van der Waals surface area (Å²) in [5, 5.41) is 10.5. The van der Waals surface area contributed by atoms with Crippen LogP contribution >= 0.6 is 0 Å². The molecule has 0 saturated carbocycles. The van der Waals surface area contributed by atoms with Gasteiger partial charge < -0.3 is 5.32 Å². The van der Waals surface area contributed by atoms with Crippen LogP contribution in [0.25, 0.3) is 0 Å². The van der Waals surface area contributed by atoms with Crippen LogP contribution < -0.4 is 5.32 Å². The maximum atomic E-state index is 3.80. The van der Waals surface area contributed by atoms with E-state index in [9.17, 15) is 0 Å². The predicted octanol–water partition coefficient (Wildman–Crippen LogP) is 3.33. The first-order valence-corrected chi connectivity index (χ1v) is 4.62. The first-order chi connectivity index (χ1) is 7.11. The fourth-order valence-corrected chi connectivity index (χ4v) is 0.758. The van der Waals surface area contributed by atoms with Crippen LogP contribution in [0.2, 0.25) is 0 Å². The zero-order valence-electron chi connectivity index (χ0n) is 9.16. The Balaban J connectivity index is 4.24. The van der Waals surface area contributed by atoms with E-state index < -0.39 is 0 Å². The van der Waals surface area contributed by atoms with E-state index in [1.165, 1.54) is 6.20 Å². The van der Waals surface area contributed by atoms with Crippen molar-refractivity contribution in [3.63, 3.8) is 0 Å². The van der Waals surface area contributed by atoms with Crippen molar-refractivity contribution in [1.29, 1.82) is 0 Å². The summed E-state index contributed by atoms with van der Waals surface area (Å²) in [5.41, 5.74) is 2.03. The van der Waals surface area contributed by atoms with Gasteiger partial charge in [-0.2, -0.15) is 10.2 Å². The van der Waals surface area contributed by atoms with Gasteiger partial charge in [0.25, 0.3) is 0 Å². The molecule has 0 radical (unpaired) electrons. The summed E-state index contributed by atoms with van der Waals surface area (Å²) < 4.78 is 0. The highest BCUT2D eigenvalue weighted by atomic mass is 15.1. The summed E-state index contributed by atoms with van der Waals surface area (Å²) in [6, 6.07) is 0. The Morgan fingerprint density at radius 3 is 2.47 bits per heavy atom. The minimum absolute atomic E-state index is 0.510. The summed E-state index contributed by atoms with van der Waals surface area (Å²) in [4.78, 5) is 0. The number of azo groups is 1. The van der Waals surface area contributed by atoms with Gasteiger partial charge in [0.15, 0.2) is 0 Å². The molecule has 0 rings (SSSR count). The van der Waals surface area contributed by atoms with E-state index in [0.717, 1.165) is 12.2 Å². The minimum Gasteiger partial charge on any atom is -0.386 e. The van der Waals surface area contributed by atoms with Crippen molar-refractivity contribution < 1.29 is 0 Å². The van der Waals surface area contributed by atoms with Crippen LogP contribution in [0.15, 0.2) is 71.9 Å². The standard InChI is InChI=1S/C12H17N3/c1-6-13-11(4)9-8-10(3)12(5)15-14-7-2/h7-9,13H,2-6H2,1H3/b9-8-,15-14?. The lowest BCUT2D eigenvalue weighted by molar-refractivity contribution is 0.882. The number of hydrogen-bond donors (Lipinski definition) is 1. The third kappa shape index (κ3) is 6.21. The normalized spacial score (nSPS) is 10.5. The molecule has 1 N–H and O–H groups in total. The van der Waals surface area contributed by atoms with Crippen LogP contribution in [0, 0.1) is 0 Å². The SMILES string of the molecule is C=CN=NC(=C)C(=C)/C=C\C(=C)NCC. The first-order valence-electron chi connectivity index (χ1n) is 4.62.